The van der Waals surface area contributed by atoms with Crippen LogP contribution in [0, 0.1) is 5.82 Å². The average Bonchev–Trinajstić information content (AvgIpc) is 2.18. The molecule has 0 aliphatic carbocycles. The summed E-state index contributed by atoms with van der Waals surface area (Å²) in [5.41, 5.74) is 0.784. The van der Waals surface area contributed by atoms with Crippen LogP contribution < -0.4 is 5.32 Å². The van der Waals surface area contributed by atoms with Crippen LogP contribution >= 0.6 is 11.6 Å². The van der Waals surface area contributed by atoms with Crippen LogP contribution in [0.1, 0.15) is 18.9 Å². The maximum Gasteiger partial charge on any atom is 0.125 e. The first-order valence-electron chi connectivity index (χ1n) is 4.95. The first kappa shape index (κ1) is 12.4. The van der Waals surface area contributed by atoms with Gasteiger partial charge < -0.3 is 10.4 Å². The highest BCUT2D eigenvalue weighted by molar-refractivity contribution is 6.30. The molecule has 0 heterocycles. The molecular weight excluding hydrogens is 217 g/mol. The fourth-order valence-electron chi connectivity index (χ4n) is 1.31. The van der Waals surface area contributed by atoms with Crippen LogP contribution in [-0.2, 0) is 6.54 Å². The lowest BCUT2D eigenvalue weighted by Gasteiger charge is -2.13. The van der Waals surface area contributed by atoms with Gasteiger partial charge in [-0.05, 0) is 30.2 Å². The number of aliphatic hydroxyl groups excluding tert-OH is 1. The van der Waals surface area contributed by atoms with Crippen LogP contribution in [-0.4, -0.2) is 17.8 Å². The van der Waals surface area contributed by atoms with E-state index in [2.05, 4.69) is 5.32 Å². The third kappa shape index (κ3) is 4.16. The Kier molecular flexibility index (Phi) is 5.02. The largest absolute Gasteiger partial charge is 0.395 e. The van der Waals surface area contributed by atoms with E-state index < -0.39 is 0 Å². The molecule has 1 rings (SSSR count). The molecule has 0 radical (unpaired) electrons. The summed E-state index contributed by atoms with van der Waals surface area (Å²) in [7, 11) is 0. The minimum Gasteiger partial charge on any atom is -0.395 e. The summed E-state index contributed by atoms with van der Waals surface area (Å²) in [5.74, 6) is -0.337. The number of rotatable bonds is 5. The standard InChI is InChI=1S/C11H15ClFNO/c1-2-11(7-15)14-6-8-3-9(12)5-10(13)4-8/h3-5,11,14-15H,2,6-7H2,1H3/t11-/m1/s1. The summed E-state index contributed by atoms with van der Waals surface area (Å²) in [5, 5.41) is 12.5. The number of hydrogen-bond acceptors (Lipinski definition) is 2. The molecule has 0 aliphatic rings. The molecule has 0 bridgehead atoms. The zero-order valence-electron chi connectivity index (χ0n) is 8.63. The van der Waals surface area contributed by atoms with Gasteiger partial charge in [0.15, 0.2) is 0 Å². The van der Waals surface area contributed by atoms with Gasteiger partial charge in [0.25, 0.3) is 0 Å². The molecule has 1 aromatic rings. The molecule has 1 aromatic carbocycles. The third-order valence-corrected chi connectivity index (χ3v) is 2.45. The Morgan fingerprint density at radius 2 is 2.20 bits per heavy atom. The van der Waals surface area contributed by atoms with E-state index >= 15 is 0 Å². The molecule has 1 atom stereocenters. The van der Waals surface area contributed by atoms with Crippen molar-refractivity contribution in [1.82, 2.24) is 5.32 Å². The van der Waals surface area contributed by atoms with Crippen molar-refractivity contribution in [3.63, 3.8) is 0 Å². The highest BCUT2D eigenvalue weighted by Gasteiger charge is 2.04. The van der Waals surface area contributed by atoms with Gasteiger partial charge in [0.2, 0.25) is 0 Å². The van der Waals surface area contributed by atoms with E-state index in [1.165, 1.54) is 12.1 Å². The predicted molar refractivity (Wildman–Crippen MR) is 59.4 cm³/mol. The van der Waals surface area contributed by atoms with Crippen molar-refractivity contribution in [2.75, 3.05) is 6.61 Å². The summed E-state index contributed by atoms with van der Waals surface area (Å²) < 4.78 is 13.0. The molecular formula is C11H15ClFNO. The lowest BCUT2D eigenvalue weighted by Crippen LogP contribution is -2.31. The fourth-order valence-corrected chi connectivity index (χ4v) is 1.56. The molecule has 0 fully saturated rings. The zero-order valence-corrected chi connectivity index (χ0v) is 9.39. The van der Waals surface area contributed by atoms with E-state index in [-0.39, 0.29) is 18.5 Å². The van der Waals surface area contributed by atoms with E-state index in [4.69, 9.17) is 16.7 Å². The molecule has 2 N–H and O–H groups in total. The quantitative estimate of drug-likeness (QED) is 0.815. The second kappa shape index (κ2) is 6.05. The molecule has 0 spiro atoms. The van der Waals surface area contributed by atoms with E-state index in [1.807, 2.05) is 6.92 Å². The second-order valence-corrected chi connectivity index (χ2v) is 3.88. The fraction of sp³-hybridized carbons (Fsp3) is 0.455. The van der Waals surface area contributed by atoms with E-state index in [0.29, 0.717) is 11.6 Å². The Bertz CT molecular complexity index is 295. The molecule has 84 valence electrons. The molecule has 2 nitrogen and oxygen atoms in total. The Labute approximate surface area is 94.1 Å². The first-order valence-corrected chi connectivity index (χ1v) is 5.32. The van der Waals surface area contributed by atoms with Crippen molar-refractivity contribution in [2.24, 2.45) is 0 Å². The van der Waals surface area contributed by atoms with Gasteiger partial charge in [0.05, 0.1) is 6.61 Å². The van der Waals surface area contributed by atoms with E-state index in [1.54, 1.807) is 6.07 Å². The molecule has 0 unspecified atom stereocenters. The van der Waals surface area contributed by atoms with Gasteiger partial charge >= 0.3 is 0 Å². The highest BCUT2D eigenvalue weighted by atomic mass is 35.5. The Morgan fingerprint density at radius 1 is 1.47 bits per heavy atom. The maximum absolute atomic E-state index is 13.0. The minimum atomic E-state index is -0.337. The van der Waals surface area contributed by atoms with Gasteiger partial charge in [-0.3, -0.25) is 0 Å². The van der Waals surface area contributed by atoms with E-state index in [0.717, 1.165) is 12.0 Å². The van der Waals surface area contributed by atoms with Crippen LogP contribution in [0.3, 0.4) is 0 Å². The number of nitrogens with one attached hydrogen (secondary N) is 1. The second-order valence-electron chi connectivity index (χ2n) is 3.45. The van der Waals surface area contributed by atoms with Crippen LogP contribution in [0.15, 0.2) is 18.2 Å². The van der Waals surface area contributed by atoms with Crippen molar-refractivity contribution in [2.45, 2.75) is 25.9 Å². The maximum atomic E-state index is 13.0. The first-order chi connectivity index (χ1) is 7.15. The SMILES string of the molecule is CC[C@H](CO)NCc1cc(F)cc(Cl)c1. The van der Waals surface area contributed by atoms with Crippen LogP contribution in [0.25, 0.3) is 0 Å². The Balaban J connectivity index is 2.57. The van der Waals surface area contributed by atoms with Gasteiger partial charge in [-0.1, -0.05) is 18.5 Å². The number of halogens is 2. The van der Waals surface area contributed by atoms with E-state index in [9.17, 15) is 4.39 Å². The van der Waals surface area contributed by atoms with Crippen molar-refractivity contribution in [3.8, 4) is 0 Å². The number of aliphatic hydroxyl groups is 1. The topological polar surface area (TPSA) is 32.3 Å². The predicted octanol–water partition coefficient (Wildman–Crippen LogP) is 2.34. The normalized spacial score (nSPS) is 12.8. The Hall–Kier alpha value is -0.640. The van der Waals surface area contributed by atoms with Crippen molar-refractivity contribution in [3.05, 3.63) is 34.6 Å². The summed E-state index contributed by atoms with van der Waals surface area (Å²) in [6.07, 6.45) is 0.833. The van der Waals surface area contributed by atoms with Crippen LogP contribution in [0.2, 0.25) is 5.02 Å². The lowest BCUT2D eigenvalue weighted by molar-refractivity contribution is 0.238. The molecule has 0 amide bonds. The van der Waals surface area contributed by atoms with Gasteiger partial charge in [-0.25, -0.2) is 4.39 Å². The van der Waals surface area contributed by atoms with Crippen molar-refractivity contribution >= 4 is 11.6 Å². The average molecular weight is 232 g/mol. The highest BCUT2D eigenvalue weighted by Crippen LogP contribution is 2.14. The summed E-state index contributed by atoms with van der Waals surface area (Å²) in [6, 6.07) is 4.46. The van der Waals surface area contributed by atoms with Gasteiger partial charge in [0.1, 0.15) is 5.82 Å². The monoisotopic (exact) mass is 231 g/mol. The summed E-state index contributed by atoms with van der Waals surface area (Å²) in [6.45, 7) is 2.57. The number of hydrogen-bond donors (Lipinski definition) is 2. The molecule has 4 heteroatoms. The van der Waals surface area contributed by atoms with Crippen LogP contribution in [0.4, 0.5) is 4.39 Å². The van der Waals surface area contributed by atoms with Crippen molar-refractivity contribution in [1.29, 1.82) is 0 Å². The van der Waals surface area contributed by atoms with Gasteiger partial charge in [-0.2, -0.15) is 0 Å². The minimum absolute atomic E-state index is 0.0482. The lowest BCUT2D eigenvalue weighted by atomic mass is 10.2. The molecule has 0 aromatic heterocycles. The van der Waals surface area contributed by atoms with Crippen molar-refractivity contribution < 1.29 is 9.50 Å². The van der Waals surface area contributed by atoms with Gasteiger partial charge in [0, 0.05) is 17.6 Å². The zero-order chi connectivity index (χ0) is 11.3. The Morgan fingerprint density at radius 3 is 2.73 bits per heavy atom. The summed E-state index contributed by atoms with van der Waals surface area (Å²) >= 11 is 5.72. The smallest absolute Gasteiger partial charge is 0.125 e. The third-order valence-electron chi connectivity index (χ3n) is 2.23. The van der Waals surface area contributed by atoms with Gasteiger partial charge in [-0.15, -0.1) is 0 Å². The molecule has 0 saturated carbocycles. The summed E-state index contributed by atoms with van der Waals surface area (Å²) in [4.78, 5) is 0. The molecule has 0 saturated heterocycles. The molecule has 15 heavy (non-hydrogen) atoms. The number of benzene rings is 1. The van der Waals surface area contributed by atoms with Crippen LogP contribution in [0.5, 0.6) is 0 Å². The molecule has 0 aliphatic heterocycles.